The van der Waals surface area contributed by atoms with E-state index in [-0.39, 0.29) is 22.8 Å². The third-order valence-corrected chi connectivity index (χ3v) is 3.04. The summed E-state index contributed by atoms with van der Waals surface area (Å²) in [6, 6.07) is 1.48. The van der Waals surface area contributed by atoms with Crippen LogP contribution in [0.1, 0.15) is 23.2 Å². The van der Waals surface area contributed by atoms with Gasteiger partial charge in [-0.3, -0.25) is 9.78 Å². The van der Waals surface area contributed by atoms with Crippen LogP contribution in [0.15, 0.2) is 18.5 Å². The van der Waals surface area contributed by atoms with Crippen molar-refractivity contribution in [3.63, 3.8) is 0 Å². The van der Waals surface area contributed by atoms with Crippen molar-refractivity contribution in [3.8, 4) is 5.75 Å². The van der Waals surface area contributed by atoms with Gasteiger partial charge in [0.25, 0.3) is 5.91 Å². The van der Waals surface area contributed by atoms with Gasteiger partial charge in [-0.15, -0.1) is 11.6 Å². The summed E-state index contributed by atoms with van der Waals surface area (Å²) in [6.07, 6.45) is 4.51. The zero-order valence-corrected chi connectivity index (χ0v) is 8.79. The zero-order valence-electron chi connectivity index (χ0n) is 8.03. The highest BCUT2D eigenvalue weighted by Crippen LogP contribution is 2.36. The van der Waals surface area contributed by atoms with Crippen LogP contribution in [-0.4, -0.2) is 27.4 Å². The number of hydrogen-bond donors (Lipinski definition) is 2. The van der Waals surface area contributed by atoms with Crippen LogP contribution in [0.2, 0.25) is 0 Å². The van der Waals surface area contributed by atoms with Crippen molar-refractivity contribution in [1.82, 2.24) is 10.3 Å². The maximum absolute atomic E-state index is 11.7. The normalized spacial score (nSPS) is 17.1. The molecule has 1 fully saturated rings. The molecule has 5 heteroatoms. The minimum absolute atomic E-state index is 0.111. The standard InChI is InChI=1S/C10H11ClN2O2/c11-6-10(2-3-10)13-9(15)7-1-4-12-5-8(7)14/h1,4-5,14H,2-3,6H2,(H,13,15). The molecule has 0 aromatic carbocycles. The fourth-order valence-electron chi connectivity index (χ4n) is 1.33. The molecule has 2 rings (SSSR count). The van der Waals surface area contributed by atoms with E-state index in [4.69, 9.17) is 11.6 Å². The van der Waals surface area contributed by atoms with Gasteiger partial charge in [-0.25, -0.2) is 0 Å². The van der Waals surface area contributed by atoms with Crippen LogP contribution in [0.3, 0.4) is 0 Å². The molecule has 0 atom stereocenters. The van der Waals surface area contributed by atoms with E-state index >= 15 is 0 Å². The van der Waals surface area contributed by atoms with E-state index in [1.165, 1.54) is 18.5 Å². The van der Waals surface area contributed by atoms with Gasteiger partial charge in [-0.1, -0.05) is 0 Å². The van der Waals surface area contributed by atoms with E-state index in [9.17, 15) is 9.90 Å². The second-order valence-electron chi connectivity index (χ2n) is 3.76. The number of halogens is 1. The van der Waals surface area contributed by atoms with Gasteiger partial charge < -0.3 is 10.4 Å². The van der Waals surface area contributed by atoms with Crippen molar-refractivity contribution in [3.05, 3.63) is 24.0 Å². The molecule has 0 unspecified atom stereocenters. The Morgan fingerprint density at radius 3 is 2.93 bits per heavy atom. The number of amides is 1. The minimum atomic E-state index is -0.298. The predicted molar refractivity (Wildman–Crippen MR) is 56.1 cm³/mol. The smallest absolute Gasteiger partial charge is 0.255 e. The first-order valence-electron chi connectivity index (χ1n) is 4.68. The van der Waals surface area contributed by atoms with Crippen molar-refractivity contribution in [2.24, 2.45) is 0 Å². The van der Waals surface area contributed by atoms with Crippen LogP contribution in [0.4, 0.5) is 0 Å². The summed E-state index contributed by atoms with van der Waals surface area (Å²) in [6.45, 7) is 0. The summed E-state index contributed by atoms with van der Waals surface area (Å²) in [7, 11) is 0. The SMILES string of the molecule is O=C(NC1(CCl)CC1)c1ccncc1O. The fourth-order valence-corrected chi connectivity index (χ4v) is 1.66. The Balaban J connectivity index is 2.12. The van der Waals surface area contributed by atoms with Crippen LogP contribution < -0.4 is 5.32 Å². The number of carbonyl (C=O) groups excluding carboxylic acids is 1. The highest BCUT2D eigenvalue weighted by Gasteiger charge is 2.43. The van der Waals surface area contributed by atoms with Crippen LogP contribution in [0, 0.1) is 0 Å². The largest absolute Gasteiger partial charge is 0.505 e. The molecule has 0 radical (unpaired) electrons. The summed E-state index contributed by atoms with van der Waals surface area (Å²) < 4.78 is 0. The Labute approximate surface area is 92.3 Å². The van der Waals surface area contributed by atoms with Gasteiger partial charge in [0.15, 0.2) is 0 Å². The third-order valence-electron chi connectivity index (χ3n) is 2.53. The lowest BCUT2D eigenvalue weighted by molar-refractivity contribution is 0.0933. The lowest BCUT2D eigenvalue weighted by Crippen LogP contribution is -2.38. The molecular weight excluding hydrogens is 216 g/mol. The monoisotopic (exact) mass is 226 g/mol. The number of carbonyl (C=O) groups is 1. The Morgan fingerprint density at radius 1 is 1.67 bits per heavy atom. The number of aromatic hydroxyl groups is 1. The van der Waals surface area contributed by atoms with E-state index in [1.807, 2.05) is 0 Å². The molecule has 1 amide bonds. The highest BCUT2D eigenvalue weighted by atomic mass is 35.5. The molecule has 1 aromatic heterocycles. The van der Waals surface area contributed by atoms with Crippen LogP contribution in [-0.2, 0) is 0 Å². The molecule has 0 spiro atoms. The Bertz CT molecular complexity index is 391. The van der Waals surface area contributed by atoms with Crippen LogP contribution in [0.5, 0.6) is 5.75 Å². The topological polar surface area (TPSA) is 62.2 Å². The molecule has 1 aromatic rings. The molecule has 80 valence electrons. The molecule has 1 aliphatic carbocycles. The highest BCUT2D eigenvalue weighted by molar-refractivity contribution is 6.19. The Morgan fingerprint density at radius 2 is 2.40 bits per heavy atom. The summed E-state index contributed by atoms with van der Waals surface area (Å²) in [5, 5.41) is 12.2. The number of nitrogens with zero attached hydrogens (tertiary/aromatic N) is 1. The summed E-state index contributed by atoms with van der Waals surface area (Å²) in [4.78, 5) is 15.4. The number of pyridine rings is 1. The Hall–Kier alpha value is -1.29. The van der Waals surface area contributed by atoms with Crippen molar-refractivity contribution in [2.45, 2.75) is 18.4 Å². The average Bonchev–Trinajstić information content (AvgIpc) is 2.99. The molecule has 1 heterocycles. The molecule has 15 heavy (non-hydrogen) atoms. The molecule has 1 saturated carbocycles. The van der Waals surface area contributed by atoms with Crippen molar-refractivity contribution in [2.75, 3.05) is 5.88 Å². The first-order chi connectivity index (χ1) is 7.17. The lowest BCUT2D eigenvalue weighted by Gasteiger charge is -2.14. The summed E-state index contributed by atoms with van der Waals surface area (Å²) in [5.41, 5.74) is -0.0182. The van der Waals surface area contributed by atoms with Gasteiger partial charge in [0, 0.05) is 12.1 Å². The maximum atomic E-state index is 11.7. The van der Waals surface area contributed by atoms with Crippen LogP contribution in [0.25, 0.3) is 0 Å². The molecule has 2 N–H and O–H groups in total. The van der Waals surface area contributed by atoms with E-state index in [2.05, 4.69) is 10.3 Å². The third kappa shape index (κ3) is 2.04. The second kappa shape index (κ2) is 3.70. The average molecular weight is 227 g/mol. The van der Waals surface area contributed by atoms with Crippen molar-refractivity contribution >= 4 is 17.5 Å². The Kier molecular flexibility index (Phi) is 2.52. The molecule has 0 saturated heterocycles. The van der Waals surface area contributed by atoms with Gasteiger partial charge in [0.1, 0.15) is 5.75 Å². The van der Waals surface area contributed by atoms with E-state index in [0.29, 0.717) is 5.88 Å². The second-order valence-corrected chi connectivity index (χ2v) is 4.03. The van der Waals surface area contributed by atoms with E-state index in [0.717, 1.165) is 12.8 Å². The van der Waals surface area contributed by atoms with E-state index < -0.39 is 0 Å². The van der Waals surface area contributed by atoms with Crippen LogP contribution >= 0.6 is 11.6 Å². The zero-order chi connectivity index (χ0) is 10.9. The maximum Gasteiger partial charge on any atom is 0.255 e. The summed E-state index contributed by atoms with van der Waals surface area (Å²) >= 11 is 5.74. The van der Waals surface area contributed by atoms with Gasteiger partial charge in [-0.05, 0) is 18.9 Å². The molecular formula is C10H11ClN2O2. The van der Waals surface area contributed by atoms with Gasteiger partial charge in [0.2, 0.25) is 0 Å². The number of alkyl halides is 1. The van der Waals surface area contributed by atoms with Crippen molar-refractivity contribution < 1.29 is 9.90 Å². The number of rotatable bonds is 3. The van der Waals surface area contributed by atoms with Crippen molar-refractivity contribution in [1.29, 1.82) is 0 Å². The number of aromatic nitrogens is 1. The number of nitrogens with one attached hydrogen (secondary N) is 1. The predicted octanol–water partition coefficient (Wildman–Crippen LogP) is 1.29. The van der Waals surface area contributed by atoms with Gasteiger partial charge in [0.05, 0.1) is 17.3 Å². The minimum Gasteiger partial charge on any atom is -0.505 e. The first-order valence-corrected chi connectivity index (χ1v) is 5.22. The molecule has 1 aliphatic rings. The fraction of sp³-hybridized carbons (Fsp3) is 0.400. The summed E-state index contributed by atoms with van der Waals surface area (Å²) in [5.74, 6) is -0.00154. The van der Waals surface area contributed by atoms with Gasteiger partial charge >= 0.3 is 0 Å². The first kappa shape index (κ1) is 10.2. The molecule has 0 aliphatic heterocycles. The molecule has 0 bridgehead atoms. The molecule has 4 nitrogen and oxygen atoms in total. The lowest BCUT2D eigenvalue weighted by atomic mass is 10.2. The van der Waals surface area contributed by atoms with Gasteiger partial charge in [-0.2, -0.15) is 0 Å². The quantitative estimate of drug-likeness (QED) is 0.764. The van der Waals surface area contributed by atoms with E-state index in [1.54, 1.807) is 0 Å². The number of hydrogen-bond acceptors (Lipinski definition) is 3.